The molecule has 7 heteroatoms. The van der Waals surface area contributed by atoms with Crippen LogP contribution in [0.4, 0.5) is 0 Å². The summed E-state index contributed by atoms with van der Waals surface area (Å²) in [4.78, 5) is 48.2. The van der Waals surface area contributed by atoms with Crippen LogP contribution in [0.25, 0.3) is 0 Å². The molecule has 0 aliphatic carbocycles. The molecule has 1 aromatic rings. The zero-order valence-electron chi connectivity index (χ0n) is 15.3. The fourth-order valence-electron chi connectivity index (χ4n) is 2.40. The minimum absolute atomic E-state index is 0.00325. The van der Waals surface area contributed by atoms with Gasteiger partial charge < -0.3 is 10.1 Å². The van der Waals surface area contributed by atoms with Gasteiger partial charge >= 0.3 is 5.97 Å². The van der Waals surface area contributed by atoms with Gasteiger partial charge in [-0.1, -0.05) is 26.0 Å². The van der Waals surface area contributed by atoms with Gasteiger partial charge in [0.15, 0.2) is 6.61 Å². The summed E-state index contributed by atoms with van der Waals surface area (Å²) in [6.45, 7) is 5.72. The molecule has 140 valence electrons. The highest BCUT2D eigenvalue weighted by Crippen LogP contribution is 2.16. The Morgan fingerprint density at radius 2 is 1.65 bits per heavy atom. The number of esters is 1. The van der Waals surface area contributed by atoms with Crippen molar-refractivity contribution in [3.63, 3.8) is 0 Å². The molecule has 1 aliphatic rings. The molecule has 1 fully saturated rings. The van der Waals surface area contributed by atoms with Gasteiger partial charge in [0.1, 0.15) is 0 Å². The largest absolute Gasteiger partial charge is 0.452 e. The number of imide groups is 1. The third-order valence-electron chi connectivity index (χ3n) is 4.41. The van der Waals surface area contributed by atoms with Crippen LogP contribution in [-0.4, -0.2) is 41.2 Å². The highest BCUT2D eigenvalue weighted by molar-refractivity contribution is 6.01. The van der Waals surface area contributed by atoms with Gasteiger partial charge in [0.25, 0.3) is 5.91 Å². The first-order chi connectivity index (χ1) is 12.3. The normalized spacial score (nSPS) is 15.3. The summed E-state index contributed by atoms with van der Waals surface area (Å²) in [6.07, 6.45) is 0.501. The molecule has 2 rings (SSSR count). The molecular weight excluding hydrogens is 336 g/mol. The topological polar surface area (TPSA) is 92.8 Å². The van der Waals surface area contributed by atoms with E-state index in [0.717, 1.165) is 5.56 Å². The van der Waals surface area contributed by atoms with Crippen LogP contribution >= 0.6 is 0 Å². The number of likely N-dealkylation sites (tertiary alicyclic amines) is 1. The second-order valence-corrected chi connectivity index (χ2v) is 6.75. The molecule has 0 saturated carbocycles. The first-order valence-electron chi connectivity index (χ1n) is 8.66. The quantitative estimate of drug-likeness (QED) is 0.590. The Labute approximate surface area is 152 Å². The molecular formula is C19H24N2O5. The molecule has 0 radical (unpaired) electrons. The van der Waals surface area contributed by atoms with Gasteiger partial charge in [-0.05, 0) is 30.5 Å². The van der Waals surface area contributed by atoms with E-state index < -0.39 is 5.97 Å². The van der Waals surface area contributed by atoms with Crippen LogP contribution in [0, 0.1) is 5.92 Å². The van der Waals surface area contributed by atoms with E-state index in [1.165, 1.54) is 4.90 Å². The lowest BCUT2D eigenvalue weighted by molar-refractivity contribution is -0.139. The monoisotopic (exact) mass is 360 g/mol. The molecule has 3 amide bonds. The molecule has 7 nitrogen and oxygen atoms in total. The maximum Gasteiger partial charge on any atom is 0.338 e. The Morgan fingerprint density at radius 1 is 1.08 bits per heavy atom. The Balaban J connectivity index is 1.85. The van der Waals surface area contributed by atoms with Crippen LogP contribution in [0.5, 0.6) is 0 Å². The SMILES string of the molecule is CC(C)C(C)NC(=O)COC(=O)c1ccc(CN2C(=O)CCC2=O)cc1. The van der Waals surface area contributed by atoms with Crippen LogP contribution in [0.3, 0.4) is 0 Å². The summed E-state index contributed by atoms with van der Waals surface area (Å²) < 4.78 is 5.01. The van der Waals surface area contributed by atoms with Gasteiger partial charge in [0, 0.05) is 18.9 Å². The Hall–Kier alpha value is -2.70. The van der Waals surface area contributed by atoms with E-state index in [4.69, 9.17) is 4.74 Å². The van der Waals surface area contributed by atoms with Crippen molar-refractivity contribution in [2.24, 2.45) is 5.92 Å². The lowest BCUT2D eigenvalue weighted by Gasteiger charge is -2.17. The summed E-state index contributed by atoms with van der Waals surface area (Å²) in [5, 5.41) is 2.76. The van der Waals surface area contributed by atoms with Crippen molar-refractivity contribution >= 4 is 23.7 Å². The van der Waals surface area contributed by atoms with Crippen molar-refractivity contribution in [3.8, 4) is 0 Å². The van der Waals surface area contributed by atoms with Gasteiger partial charge in [0.05, 0.1) is 12.1 Å². The van der Waals surface area contributed by atoms with Crippen molar-refractivity contribution < 1.29 is 23.9 Å². The summed E-state index contributed by atoms with van der Waals surface area (Å²) in [5.74, 6) is -1.02. The van der Waals surface area contributed by atoms with E-state index in [2.05, 4.69) is 5.32 Å². The molecule has 1 saturated heterocycles. The lowest BCUT2D eigenvalue weighted by Crippen LogP contribution is -2.38. The molecule has 0 spiro atoms. The smallest absolute Gasteiger partial charge is 0.338 e. The second-order valence-electron chi connectivity index (χ2n) is 6.75. The Bertz CT molecular complexity index is 680. The predicted molar refractivity (Wildman–Crippen MR) is 94.0 cm³/mol. The Morgan fingerprint density at radius 3 is 2.19 bits per heavy atom. The number of ether oxygens (including phenoxy) is 1. The van der Waals surface area contributed by atoms with Gasteiger partial charge in [-0.3, -0.25) is 19.3 Å². The second kappa shape index (κ2) is 8.60. The number of rotatable bonds is 7. The minimum Gasteiger partial charge on any atom is -0.452 e. The molecule has 1 aliphatic heterocycles. The van der Waals surface area contributed by atoms with Crippen molar-refractivity contribution in [2.45, 2.75) is 46.2 Å². The number of nitrogens with one attached hydrogen (secondary N) is 1. The number of amides is 3. The molecule has 1 unspecified atom stereocenters. The van der Waals surface area contributed by atoms with Crippen LogP contribution in [0.15, 0.2) is 24.3 Å². The number of hydrogen-bond donors (Lipinski definition) is 1. The highest BCUT2D eigenvalue weighted by Gasteiger charge is 2.28. The van der Waals surface area contributed by atoms with Crippen molar-refractivity contribution in [3.05, 3.63) is 35.4 Å². The number of hydrogen-bond acceptors (Lipinski definition) is 5. The third-order valence-corrected chi connectivity index (χ3v) is 4.41. The summed E-state index contributed by atoms with van der Waals surface area (Å²) in [7, 11) is 0. The first kappa shape index (κ1) is 19.6. The third kappa shape index (κ3) is 5.15. The van der Waals surface area contributed by atoms with E-state index in [-0.39, 0.29) is 55.7 Å². The molecule has 0 bridgehead atoms. The lowest BCUT2D eigenvalue weighted by atomic mass is 10.1. The van der Waals surface area contributed by atoms with Gasteiger partial charge in [-0.25, -0.2) is 4.79 Å². The minimum atomic E-state index is -0.600. The van der Waals surface area contributed by atoms with Crippen LogP contribution in [-0.2, 0) is 25.7 Å². The number of carbonyl (C=O) groups is 4. The van der Waals surface area contributed by atoms with Gasteiger partial charge in [-0.15, -0.1) is 0 Å². The van der Waals surface area contributed by atoms with E-state index in [1.54, 1.807) is 24.3 Å². The molecule has 1 aromatic carbocycles. The number of carbonyl (C=O) groups excluding carboxylic acids is 4. The van der Waals surface area contributed by atoms with E-state index in [9.17, 15) is 19.2 Å². The summed E-state index contributed by atoms with van der Waals surface area (Å²) in [6, 6.07) is 6.43. The average molecular weight is 360 g/mol. The standard InChI is InChI=1S/C19H24N2O5/c1-12(2)13(3)20-16(22)11-26-19(25)15-6-4-14(5-7-15)10-21-17(23)8-9-18(21)24/h4-7,12-13H,8-11H2,1-3H3,(H,20,22). The molecule has 1 heterocycles. The van der Waals surface area contributed by atoms with Crippen molar-refractivity contribution in [1.29, 1.82) is 0 Å². The summed E-state index contributed by atoms with van der Waals surface area (Å²) in [5.41, 5.74) is 1.05. The number of benzene rings is 1. The fourth-order valence-corrected chi connectivity index (χ4v) is 2.40. The first-order valence-corrected chi connectivity index (χ1v) is 8.66. The number of nitrogens with zero attached hydrogens (tertiary/aromatic N) is 1. The Kier molecular flexibility index (Phi) is 6.49. The average Bonchev–Trinajstić information content (AvgIpc) is 2.92. The van der Waals surface area contributed by atoms with Crippen molar-refractivity contribution in [1.82, 2.24) is 10.2 Å². The van der Waals surface area contributed by atoms with E-state index >= 15 is 0 Å². The zero-order chi connectivity index (χ0) is 19.3. The van der Waals surface area contributed by atoms with Crippen LogP contribution < -0.4 is 5.32 Å². The van der Waals surface area contributed by atoms with E-state index in [0.29, 0.717) is 5.56 Å². The van der Waals surface area contributed by atoms with Crippen LogP contribution in [0.2, 0.25) is 0 Å². The van der Waals surface area contributed by atoms with Gasteiger partial charge in [0.2, 0.25) is 11.8 Å². The molecule has 26 heavy (non-hydrogen) atoms. The zero-order valence-corrected chi connectivity index (χ0v) is 15.3. The highest BCUT2D eigenvalue weighted by atomic mass is 16.5. The van der Waals surface area contributed by atoms with Gasteiger partial charge in [-0.2, -0.15) is 0 Å². The van der Waals surface area contributed by atoms with Crippen LogP contribution in [0.1, 0.15) is 49.5 Å². The predicted octanol–water partition coefficient (Wildman–Crippen LogP) is 1.65. The van der Waals surface area contributed by atoms with E-state index in [1.807, 2.05) is 20.8 Å². The summed E-state index contributed by atoms with van der Waals surface area (Å²) >= 11 is 0. The molecule has 1 atom stereocenters. The van der Waals surface area contributed by atoms with Crippen molar-refractivity contribution in [2.75, 3.05) is 6.61 Å². The maximum atomic E-state index is 12.0. The molecule has 1 N–H and O–H groups in total. The molecule has 0 aromatic heterocycles. The fraction of sp³-hybridized carbons (Fsp3) is 0.474. The maximum absolute atomic E-state index is 12.0.